The van der Waals surface area contributed by atoms with Gasteiger partial charge in [-0.1, -0.05) is 24.6 Å². The van der Waals surface area contributed by atoms with Gasteiger partial charge in [-0.15, -0.1) is 0 Å². The minimum atomic E-state index is 0.399. The molecule has 3 nitrogen and oxygen atoms in total. The van der Waals surface area contributed by atoms with E-state index in [0.29, 0.717) is 11.9 Å². The van der Waals surface area contributed by atoms with Crippen molar-refractivity contribution in [1.29, 1.82) is 0 Å². The largest absolute Gasteiger partial charge is 0.368 e. The molecule has 1 saturated carbocycles. The second kappa shape index (κ2) is 3.19. The average molecular weight is 199 g/mol. The molecule has 0 saturated heterocycles. The van der Waals surface area contributed by atoms with E-state index in [2.05, 4.69) is 16.0 Å². The normalized spacial score (nSPS) is 16.5. The maximum atomic E-state index is 5.72. The number of fused-ring (bicyclic) bond motifs is 1. The number of aromatic nitrogens is 2. The lowest BCUT2D eigenvalue weighted by Gasteiger charge is -2.25. The Morgan fingerprint density at radius 1 is 1.13 bits per heavy atom. The Bertz CT molecular complexity index is 503. The average Bonchev–Trinajstić information content (AvgIpc) is 2.14. The molecule has 15 heavy (non-hydrogen) atoms. The molecule has 2 N–H and O–H groups in total. The van der Waals surface area contributed by atoms with E-state index in [4.69, 9.17) is 5.73 Å². The molecule has 0 radical (unpaired) electrons. The molecule has 1 fully saturated rings. The first kappa shape index (κ1) is 8.65. The Balaban J connectivity index is 2.25. The predicted molar refractivity (Wildman–Crippen MR) is 60.5 cm³/mol. The number of rotatable bonds is 1. The van der Waals surface area contributed by atoms with Crippen LogP contribution in [0, 0.1) is 0 Å². The molecule has 0 spiro atoms. The van der Waals surface area contributed by atoms with Crippen LogP contribution in [0.25, 0.3) is 10.9 Å². The zero-order valence-corrected chi connectivity index (χ0v) is 8.48. The van der Waals surface area contributed by atoms with Gasteiger partial charge in [0, 0.05) is 11.3 Å². The topological polar surface area (TPSA) is 51.8 Å². The summed E-state index contributed by atoms with van der Waals surface area (Å²) in [6, 6.07) is 8.10. The summed E-state index contributed by atoms with van der Waals surface area (Å²) >= 11 is 0. The van der Waals surface area contributed by atoms with Crippen molar-refractivity contribution in [2.24, 2.45) is 0 Å². The highest BCUT2D eigenvalue weighted by Gasteiger charge is 2.23. The van der Waals surface area contributed by atoms with Gasteiger partial charge in [0.1, 0.15) is 0 Å². The first-order valence-electron chi connectivity index (χ1n) is 5.37. The number of nitrogens with zero attached hydrogens (tertiary/aromatic N) is 2. The number of para-hydroxylation sites is 1. The van der Waals surface area contributed by atoms with E-state index >= 15 is 0 Å². The minimum Gasteiger partial charge on any atom is -0.368 e. The van der Waals surface area contributed by atoms with Crippen LogP contribution in [0.15, 0.2) is 24.3 Å². The van der Waals surface area contributed by atoms with Gasteiger partial charge in [0.15, 0.2) is 0 Å². The Kier molecular flexibility index (Phi) is 1.84. The molecule has 3 rings (SSSR count). The van der Waals surface area contributed by atoms with Crippen LogP contribution >= 0.6 is 0 Å². The maximum absolute atomic E-state index is 5.72. The molecular formula is C12H13N3. The standard InChI is InChI=1S/C12H13N3/c13-12-14-10-7-2-1-6-9(10)11(15-12)8-4-3-5-8/h1-2,6-8H,3-5H2,(H2,13,14,15). The molecular weight excluding hydrogens is 186 g/mol. The second-order valence-electron chi connectivity index (χ2n) is 4.11. The van der Waals surface area contributed by atoms with Crippen LogP contribution in [-0.4, -0.2) is 9.97 Å². The quantitative estimate of drug-likeness (QED) is 0.767. The maximum Gasteiger partial charge on any atom is 0.220 e. The number of benzene rings is 1. The summed E-state index contributed by atoms with van der Waals surface area (Å²) in [5, 5.41) is 1.16. The van der Waals surface area contributed by atoms with Crippen LogP contribution in [0.1, 0.15) is 30.9 Å². The van der Waals surface area contributed by atoms with Crippen molar-refractivity contribution in [2.75, 3.05) is 5.73 Å². The van der Waals surface area contributed by atoms with Crippen molar-refractivity contribution in [1.82, 2.24) is 9.97 Å². The summed E-state index contributed by atoms with van der Waals surface area (Å²) in [5.74, 6) is 0.996. The van der Waals surface area contributed by atoms with Crippen LogP contribution in [0.5, 0.6) is 0 Å². The Morgan fingerprint density at radius 2 is 1.93 bits per heavy atom. The first-order chi connectivity index (χ1) is 7.34. The monoisotopic (exact) mass is 199 g/mol. The van der Waals surface area contributed by atoms with E-state index in [1.165, 1.54) is 19.3 Å². The molecule has 0 aliphatic heterocycles. The summed E-state index contributed by atoms with van der Waals surface area (Å²) in [6.45, 7) is 0. The summed E-state index contributed by atoms with van der Waals surface area (Å²) in [4.78, 5) is 8.63. The lowest BCUT2D eigenvalue weighted by molar-refractivity contribution is 0.414. The molecule has 76 valence electrons. The lowest BCUT2D eigenvalue weighted by atomic mass is 9.81. The Hall–Kier alpha value is -1.64. The smallest absolute Gasteiger partial charge is 0.220 e. The lowest BCUT2D eigenvalue weighted by Crippen LogP contribution is -2.12. The summed E-state index contributed by atoms with van der Waals surface area (Å²) in [7, 11) is 0. The second-order valence-corrected chi connectivity index (χ2v) is 4.11. The first-order valence-corrected chi connectivity index (χ1v) is 5.37. The van der Waals surface area contributed by atoms with Gasteiger partial charge in [-0.05, 0) is 18.9 Å². The fraction of sp³-hybridized carbons (Fsp3) is 0.333. The van der Waals surface area contributed by atoms with Crippen molar-refractivity contribution in [2.45, 2.75) is 25.2 Å². The zero-order valence-electron chi connectivity index (χ0n) is 8.48. The Labute approximate surface area is 88.3 Å². The summed E-state index contributed by atoms with van der Waals surface area (Å²) < 4.78 is 0. The van der Waals surface area contributed by atoms with Gasteiger partial charge < -0.3 is 5.73 Å². The molecule has 1 heterocycles. The highest BCUT2D eigenvalue weighted by atomic mass is 15.0. The van der Waals surface area contributed by atoms with Gasteiger partial charge in [-0.3, -0.25) is 0 Å². The van der Waals surface area contributed by atoms with E-state index in [1.807, 2.05) is 18.2 Å². The van der Waals surface area contributed by atoms with Crippen LogP contribution in [0.4, 0.5) is 5.95 Å². The molecule has 0 amide bonds. The van der Waals surface area contributed by atoms with Crippen LogP contribution in [0.2, 0.25) is 0 Å². The van der Waals surface area contributed by atoms with Gasteiger partial charge in [0.05, 0.1) is 11.2 Å². The molecule has 1 aliphatic rings. The molecule has 1 aromatic heterocycles. The SMILES string of the molecule is Nc1nc(C2CCC2)c2ccccc2n1. The third-order valence-corrected chi connectivity index (χ3v) is 3.14. The highest BCUT2D eigenvalue weighted by molar-refractivity contribution is 5.82. The molecule has 1 aliphatic carbocycles. The molecule has 0 bridgehead atoms. The fourth-order valence-corrected chi connectivity index (χ4v) is 2.11. The fourth-order valence-electron chi connectivity index (χ4n) is 2.11. The molecule has 1 aromatic carbocycles. The van der Waals surface area contributed by atoms with Crippen LogP contribution in [0.3, 0.4) is 0 Å². The van der Waals surface area contributed by atoms with E-state index < -0.39 is 0 Å². The van der Waals surface area contributed by atoms with Gasteiger partial charge in [0.2, 0.25) is 5.95 Å². The molecule has 0 atom stereocenters. The number of nitrogen functional groups attached to an aromatic ring is 1. The number of hydrogen-bond donors (Lipinski definition) is 1. The number of hydrogen-bond acceptors (Lipinski definition) is 3. The van der Waals surface area contributed by atoms with Gasteiger partial charge in [0.25, 0.3) is 0 Å². The van der Waals surface area contributed by atoms with Crippen LogP contribution < -0.4 is 5.73 Å². The summed E-state index contributed by atoms with van der Waals surface area (Å²) in [6.07, 6.45) is 3.78. The molecule has 3 heteroatoms. The third-order valence-electron chi connectivity index (χ3n) is 3.14. The van der Waals surface area contributed by atoms with Crippen molar-refractivity contribution in [3.05, 3.63) is 30.0 Å². The summed E-state index contributed by atoms with van der Waals surface area (Å²) in [5.41, 5.74) is 7.83. The van der Waals surface area contributed by atoms with Crippen molar-refractivity contribution >= 4 is 16.9 Å². The highest BCUT2D eigenvalue weighted by Crippen LogP contribution is 2.38. The number of nitrogens with two attached hydrogens (primary N) is 1. The van der Waals surface area contributed by atoms with Crippen molar-refractivity contribution in [3.63, 3.8) is 0 Å². The number of anilines is 1. The molecule has 0 unspecified atom stereocenters. The van der Waals surface area contributed by atoms with Gasteiger partial charge >= 0.3 is 0 Å². The van der Waals surface area contributed by atoms with E-state index in [1.54, 1.807) is 0 Å². The van der Waals surface area contributed by atoms with Gasteiger partial charge in [-0.25, -0.2) is 9.97 Å². The zero-order chi connectivity index (χ0) is 10.3. The Morgan fingerprint density at radius 3 is 2.67 bits per heavy atom. The van der Waals surface area contributed by atoms with E-state index in [0.717, 1.165) is 16.6 Å². The molecule has 2 aromatic rings. The minimum absolute atomic E-state index is 0.399. The van der Waals surface area contributed by atoms with Crippen molar-refractivity contribution < 1.29 is 0 Å². The third kappa shape index (κ3) is 1.35. The van der Waals surface area contributed by atoms with E-state index in [-0.39, 0.29) is 0 Å². The van der Waals surface area contributed by atoms with E-state index in [9.17, 15) is 0 Å². The predicted octanol–water partition coefficient (Wildman–Crippen LogP) is 2.48. The van der Waals surface area contributed by atoms with Gasteiger partial charge in [-0.2, -0.15) is 0 Å². The van der Waals surface area contributed by atoms with Crippen LogP contribution in [-0.2, 0) is 0 Å². The van der Waals surface area contributed by atoms with Crippen molar-refractivity contribution in [3.8, 4) is 0 Å².